The van der Waals surface area contributed by atoms with Crippen LogP contribution >= 0.6 is 0 Å². The number of hydrogen-bond donors (Lipinski definition) is 0. The zero-order valence-electron chi connectivity index (χ0n) is 28.0. The van der Waals surface area contributed by atoms with Gasteiger partial charge in [-0.05, 0) is 94.0 Å². The van der Waals surface area contributed by atoms with Crippen LogP contribution in [0.25, 0.3) is 110 Å². The van der Waals surface area contributed by atoms with Crippen LogP contribution in [0, 0.1) is 0 Å². The smallest absolute Gasteiger partial charge is 0.164 e. The molecule has 240 valence electrons. The number of aromatic nitrogens is 4. The van der Waals surface area contributed by atoms with Gasteiger partial charge in [-0.1, -0.05) is 140 Å². The van der Waals surface area contributed by atoms with Crippen LogP contribution in [0.1, 0.15) is 0 Å². The third-order valence-electron chi connectivity index (χ3n) is 10.5. The summed E-state index contributed by atoms with van der Waals surface area (Å²) in [6, 6.07) is 56.2. The molecule has 11 aromatic rings. The summed E-state index contributed by atoms with van der Waals surface area (Å²) in [6.07, 6.45) is 3.67. The van der Waals surface area contributed by atoms with Gasteiger partial charge >= 0.3 is 0 Å². The maximum absolute atomic E-state index is 5.19. The monoisotopic (exact) mass is 660 g/mol. The average molecular weight is 661 g/mol. The van der Waals surface area contributed by atoms with Crippen molar-refractivity contribution in [1.82, 2.24) is 19.9 Å². The first kappa shape index (κ1) is 28.8. The van der Waals surface area contributed by atoms with E-state index in [1.807, 2.05) is 30.5 Å². The molecule has 52 heavy (non-hydrogen) atoms. The fraction of sp³-hybridized carbons (Fsp3) is 0. The molecule has 0 amide bonds. The first-order valence-electron chi connectivity index (χ1n) is 17.5. The molecule has 0 unspecified atom stereocenters. The molecule has 0 saturated carbocycles. The first-order chi connectivity index (χ1) is 25.8. The number of nitrogens with zero attached hydrogens (tertiary/aromatic N) is 4. The van der Waals surface area contributed by atoms with Crippen LogP contribution in [-0.4, -0.2) is 19.9 Å². The highest BCUT2D eigenvalue weighted by molar-refractivity contribution is 6.37. The van der Waals surface area contributed by atoms with E-state index in [4.69, 9.17) is 15.0 Å². The summed E-state index contributed by atoms with van der Waals surface area (Å²) in [5, 5.41) is 14.9. The Kier molecular flexibility index (Phi) is 6.22. The second kappa shape index (κ2) is 11.2. The number of hydrogen-bond acceptors (Lipinski definition) is 4. The third-order valence-corrected chi connectivity index (χ3v) is 10.5. The average Bonchev–Trinajstić information content (AvgIpc) is 3.22. The van der Waals surface area contributed by atoms with E-state index in [-0.39, 0.29) is 0 Å². The van der Waals surface area contributed by atoms with Gasteiger partial charge in [0.1, 0.15) is 0 Å². The summed E-state index contributed by atoms with van der Waals surface area (Å²) >= 11 is 0. The fourth-order valence-electron chi connectivity index (χ4n) is 8.11. The molecule has 4 nitrogen and oxygen atoms in total. The Hall–Kier alpha value is -7.04. The van der Waals surface area contributed by atoms with E-state index < -0.39 is 0 Å². The van der Waals surface area contributed by atoms with Gasteiger partial charge in [0.25, 0.3) is 0 Å². The second-order valence-corrected chi connectivity index (χ2v) is 13.5. The Labute approximate surface area is 299 Å². The summed E-state index contributed by atoms with van der Waals surface area (Å²) in [5.74, 6) is 1.91. The van der Waals surface area contributed by atoms with Crippen molar-refractivity contribution in [3.8, 4) is 45.3 Å². The lowest BCUT2D eigenvalue weighted by molar-refractivity contribution is 1.07. The molecule has 2 heterocycles. The summed E-state index contributed by atoms with van der Waals surface area (Å²) in [6.45, 7) is 0. The van der Waals surface area contributed by atoms with Gasteiger partial charge in [-0.2, -0.15) is 0 Å². The van der Waals surface area contributed by atoms with Gasteiger partial charge < -0.3 is 0 Å². The van der Waals surface area contributed by atoms with E-state index >= 15 is 0 Å². The minimum absolute atomic E-state index is 0.631. The lowest BCUT2D eigenvalue weighted by Crippen LogP contribution is -2.00. The summed E-state index contributed by atoms with van der Waals surface area (Å²) in [4.78, 5) is 19.7. The largest absolute Gasteiger partial charge is 0.264 e. The van der Waals surface area contributed by atoms with Crippen LogP contribution in [0.2, 0.25) is 0 Å². The van der Waals surface area contributed by atoms with Crippen LogP contribution in [0.3, 0.4) is 0 Å². The molecule has 0 radical (unpaired) electrons. The number of fused-ring (bicyclic) bond motifs is 2. The Morgan fingerprint density at radius 1 is 0.288 bits per heavy atom. The van der Waals surface area contributed by atoms with Crippen LogP contribution in [0.5, 0.6) is 0 Å². The van der Waals surface area contributed by atoms with E-state index in [1.54, 1.807) is 6.20 Å². The minimum Gasteiger partial charge on any atom is -0.264 e. The number of rotatable bonds is 4. The summed E-state index contributed by atoms with van der Waals surface area (Å²) in [7, 11) is 0. The second-order valence-electron chi connectivity index (χ2n) is 13.5. The summed E-state index contributed by atoms with van der Waals surface area (Å²) < 4.78 is 0. The highest BCUT2D eigenvalue weighted by Crippen LogP contribution is 2.44. The topological polar surface area (TPSA) is 51.6 Å². The molecule has 9 aromatic carbocycles. The maximum Gasteiger partial charge on any atom is 0.164 e. The standard InChI is InChI=1S/C48H28N4/c1-2-8-33(9-3-1)46-50-47(34-22-17-29(18-23-34)36-13-7-25-49-28-36)52-48(51-46)37-26-35-24-21-32-11-5-15-39-38-14-4-10-30-19-20-31-12-6-16-40(44(31)42(30)38)41(27-37)45(35)43(32)39/h1-28H. The van der Waals surface area contributed by atoms with E-state index in [0.29, 0.717) is 17.5 Å². The highest BCUT2D eigenvalue weighted by Gasteiger charge is 2.18. The molecule has 0 bridgehead atoms. The van der Waals surface area contributed by atoms with Crippen molar-refractivity contribution in [3.05, 3.63) is 170 Å². The molecule has 0 atom stereocenters. The minimum atomic E-state index is 0.631. The Balaban J connectivity index is 1.23. The van der Waals surface area contributed by atoms with Gasteiger partial charge in [-0.25, -0.2) is 15.0 Å². The van der Waals surface area contributed by atoms with E-state index in [0.717, 1.165) is 33.2 Å². The number of pyridine rings is 1. The van der Waals surface area contributed by atoms with Crippen LogP contribution in [0.4, 0.5) is 0 Å². The molecule has 0 spiro atoms. The van der Waals surface area contributed by atoms with Gasteiger partial charge in [0, 0.05) is 29.1 Å². The zero-order valence-corrected chi connectivity index (χ0v) is 28.0. The third kappa shape index (κ3) is 4.41. The van der Waals surface area contributed by atoms with Gasteiger partial charge in [-0.3, -0.25) is 4.98 Å². The van der Waals surface area contributed by atoms with Gasteiger partial charge in [0.05, 0.1) is 0 Å². The molecule has 0 aliphatic carbocycles. The summed E-state index contributed by atoms with van der Waals surface area (Å²) in [5.41, 5.74) is 4.97. The predicted molar refractivity (Wildman–Crippen MR) is 216 cm³/mol. The van der Waals surface area contributed by atoms with Crippen LogP contribution in [0.15, 0.2) is 170 Å². The highest BCUT2D eigenvalue weighted by atomic mass is 15.0. The van der Waals surface area contributed by atoms with Crippen molar-refractivity contribution in [3.63, 3.8) is 0 Å². The SMILES string of the molecule is c1ccc(-c2nc(-c3ccc(-c4cccnc4)cc3)nc(-c3cc4ccc5cccc6c7cccc8ccc9cccc(c(c3)c4c56)c9c87)n2)cc1. The van der Waals surface area contributed by atoms with E-state index in [9.17, 15) is 0 Å². The molecule has 0 fully saturated rings. The normalized spacial score (nSPS) is 11.8. The van der Waals surface area contributed by atoms with Crippen molar-refractivity contribution in [2.75, 3.05) is 0 Å². The molecule has 11 rings (SSSR count). The molecular formula is C48H28N4. The van der Waals surface area contributed by atoms with Gasteiger partial charge in [-0.15, -0.1) is 0 Å². The molecular weight excluding hydrogens is 633 g/mol. The zero-order chi connectivity index (χ0) is 34.2. The van der Waals surface area contributed by atoms with E-state index in [2.05, 4.69) is 138 Å². The van der Waals surface area contributed by atoms with E-state index in [1.165, 1.54) is 59.2 Å². The molecule has 0 N–H and O–H groups in total. The van der Waals surface area contributed by atoms with Crippen molar-refractivity contribution in [2.24, 2.45) is 0 Å². The lowest BCUT2D eigenvalue weighted by Gasteiger charge is -2.17. The Bertz CT molecular complexity index is 3150. The molecule has 0 aliphatic heterocycles. The maximum atomic E-state index is 5.19. The van der Waals surface area contributed by atoms with Crippen LogP contribution in [-0.2, 0) is 0 Å². The fourth-order valence-corrected chi connectivity index (χ4v) is 8.11. The molecule has 4 heteroatoms. The van der Waals surface area contributed by atoms with Crippen molar-refractivity contribution in [1.29, 1.82) is 0 Å². The lowest BCUT2D eigenvalue weighted by atomic mass is 9.87. The molecule has 2 aromatic heterocycles. The van der Waals surface area contributed by atoms with Crippen molar-refractivity contribution < 1.29 is 0 Å². The van der Waals surface area contributed by atoms with Gasteiger partial charge in [0.15, 0.2) is 17.5 Å². The van der Waals surface area contributed by atoms with Crippen molar-refractivity contribution >= 4 is 64.6 Å². The Morgan fingerprint density at radius 2 is 0.769 bits per heavy atom. The van der Waals surface area contributed by atoms with Crippen LogP contribution < -0.4 is 0 Å². The Morgan fingerprint density at radius 3 is 1.35 bits per heavy atom. The first-order valence-corrected chi connectivity index (χ1v) is 17.5. The quantitative estimate of drug-likeness (QED) is 0.176. The number of benzene rings is 8. The molecule has 0 aliphatic rings. The van der Waals surface area contributed by atoms with Crippen molar-refractivity contribution in [2.45, 2.75) is 0 Å². The molecule has 0 saturated heterocycles. The van der Waals surface area contributed by atoms with Gasteiger partial charge in [0.2, 0.25) is 0 Å². The predicted octanol–water partition coefficient (Wildman–Crippen LogP) is 12.3.